The van der Waals surface area contributed by atoms with Crippen LogP contribution in [-0.2, 0) is 11.2 Å². The van der Waals surface area contributed by atoms with Crippen molar-refractivity contribution in [1.82, 2.24) is 5.32 Å². The van der Waals surface area contributed by atoms with Crippen LogP contribution in [0.3, 0.4) is 0 Å². The van der Waals surface area contributed by atoms with Crippen molar-refractivity contribution < 1.29 is 9.53 Å². The fourth-order valence-electron chi connectivity index (χ4n) is 2.79. The Balaban J connectivity index is 2.04. The molecule has 0 heterocycles. The highest BCUT2D eigenvalue weighted by atomic mass is 16.5. The Bertz CT molecular complexity index is 662. The highest BCUT2D eigenvalue weighted by molar-refractivity contribution is 5.79. The van der Waals surface area contributed by atoms with Crippen LogP contribution < -0.4 is 10.1 Å². The molecule has 2 aromatic rings. The zero-order chi connectivity index (χ0) is 16.8. The van der Waals surface area contributed by atoms with Crippen molar-refractivity contribution in [3.05, 3.63) is 64.7 Å². The average molecular weight is 311 g/mol. The summed E-state index contributed by atoms with van der Waals surface area (Å²) in [5.41, 5.74) is 4.65. The molecule has 0 aromatic heterocycles. The molecule has 1 amide bonds. The molecular weight excluding hydrogens is 286 g/mol. The van der Waals surface area contributed by atoms with E-state index in [1.165, 1.54) is 16.7 Å². The van der Waals surface area contributed by atoms with E-state index in [9.17, 15) is 4.79 Å². The number of carbonyl (C=O) groups is 1. The molecule has 0 fully saturated rings. The summed E-state index contributed by atoms with van der Waals surface area (Å²) >= 11 is 0. The van der Waals surface area contributed by atoms with Gasteiger partial charge in [0, 0.05) is 0 Å². The number of rotatable bonds is 6. The second-order valence-electron chi connectivity index (χ2n) is 5.91. The van der Waals surface area contributed by atoms with Crippen LogP contribution in [0.1, 0.15) is 41.6 Å². The summed E-state index contributed by atoms with van der Waals surface area (Å²) in [7, 11) is 1.64. The lowest BCUT2D eigenvalue weighted by atomic mass is 9.97. The Morgan fingerprint density at radius 3 is 2.39 bits per heavy atom. The van der Waals surface area contributed by atoms with E-state index in [2.05, 4.69) is 44.3 Å². The summed E-state index contributed by atoms with van der Waals surface area (Å²) in [5.74, 6) is 0.845. The lowest BCUT2D eigenvalue weighted by Gasteiger charge is -2.20. The van der Waals surface area contributed by atoms with E-state index in [1.54, 1.807) is 7.11 Å². The van der Waals surface area contributed by atoms with Crippen molar-refractivity contribution in [2.24, 2.45) is 0 Å². The highest BCUT2D eigenvalue weighted by Gasteiger charge is 2.15. The first-order chi connectivity index (χ1) is 11.0. The number of amides is 1. The summed E-state index contributed by atoms with van der Waals surface area (Å²) in [6.07, 6.45) is 1.25. The van der Waals surface area contributed by atoms with E-state index in [0.717, 1.165) is 17.7 Å². The van der Waals surface area contributed by atoms with Crippen LogP contribution in [0.15, 0.2) is 42.5 Å². The van der Waals surface area contributed by atoms with Gasteiger partial charge in [0.15, 0.2) is 0 Å². The van der Waals surface area contributed by atoms with Crippen LogP contribution in [-0.4, -0.2) is 13.0 Å². The molecule has 1 atom stereocenters. The van der Waals surface area contributed by atoms with E-state index in [1.807, 2.05) is 24.3 Å². The Labute approximate surface area is 138 Å². The second kappa shape index (κ2) is 7.82. The molecule has 2 rings (SSSR count). The molecule has 0 aliphatic heterocycles. The Hall–Kier alpha value is -2.29. The topological polar surface area (TPSA) is 38.3 Å². The van der Waals surface area contributed by atoms with Gasteiger partial charge in [0.1, 0.15) is 5.75 Å². The molecule has 0 spiro atoms. The fourth-order valence-corrected chi connectivity index (χ4v) is 2.79. The number of carbonyl (C=O) groups excluding carboxylic acids is 1. The maximum Gasteiger partial charge on any atom is 0.224 e. The van der Waals surface area contributed by atoms with Gasteiger partial charge >= 0.3 is 0 Å². The second-order valence-corrected chi connectivity index (χ2v) is 5.91. The summed E-state index contributed by atoms with van der Waals surface area (Å²) in [5, 5.41) is 3.15. The van der Waals surface area contributed by atoms with Crippen LogP contribution >= 0.6 is 0 Å². The number of methoxy groups -OCH3 is 1. The number of benzene rings is 2. The maximum absolute atomic E-state index is 12.3. The zero-order valence-corrected chi connectivity index (χ0v) is 14.3. The molecule has 122 valence electrons. The van der Waals surface area contributed by atoms with Crippen LogP contribution in [0.2, 0.25) is 0 Å². The van der Waals surface area contributed by atoms with Gasteiger partial charge in [-0.05, 0) is 49.1 Å². The molecule has 23 heavy (non-hydrogen) atoms. The SMILES string of the molecule is CC[C@H](NC(=O)Cc1ccc(OC)cc1)c1ccc(C)cc1C. The van der Waals surface area contributed by atoms with Gasteiger partial charge < -0.3 is 10.1 Å². The molecular formula is C20H25NO2. The highest BCUT2D eigenvalue weighted by Crippen LogP contribution is 2.22. The van der Waals surface area contributed by atoms with Crippen molar-refractivity contribution in [1.29, 1.82) is 0 Å². The van der Waals surface area contributed by atoms with Crippen LogP contribution in [0, 0.1) is 13.8 Å². The molecule has 1 N–H and O–H groups in total. The van der Waals surface area contributed by atoms with Crippen LogP contribution in [0.4, 0.5) is 0 Å². The molecule has 0 saturated heterocycles. The monoisotopic (exact) mass is 311 g/mol. The third-order valence-corrected chi connectivity index (χ3v) is 4.07. The third-order valence-electron chi connectivity index (χ3n) is 4.07. The van der Waals surface area contributed by atoms with E-state index < -0.39 is 0 Å². The summed E-state index contributed by atoms with van der Waals surface area (Å²) in [4.78, 5) is 12.3. The quantitative estimate of drug-likeness (QED) is 0.871. The van der Waals surface area contributed by atoms with Crippen molar-refractivity contribution >= 4 is 5.91 Å². The van der Waals surface area contributed by atoms with E-state index in [0.29, 0.717) is 6.42 Å². The van der Waals surface area contributed by atoms with E-state index >= 15 is 0 Å². The first-order valence-electron chi connectivity index (χ1n) is 8.03. The molecule has 0 radical (unpaired) electrons. The van der Waals surface area contributed by atoms with Gasteiger partial charge in [-0.2, -0.15) is 0 Å². The minimum atomic E-state index is 0.0435. The number of hydrogen-bond acceptors (Lipinski definition) is 2. The summed E-state index contributed by atoms with van der Waals surface area (Å²) in [6.45, 7) is 6.28. The molecule has 0 aliphatic rings. The molecule has 2 aromatic carbocycles. The van der Waals surface area contributed by atoms with Gasteiger partial charge in [-0.25, -0.2) is 0 Å². The lowest BCUT2D eigenvalue weighted by Crippen LogP contribution is -2.30. The Morgan fingerprint density at radius 2 is 1.83 bits per heavy atom. The smallest absolute Gasteiger partial charge is 0.224 e. The van der Waals surface area contributed by atoms with Crippen LogP contribution in [0.5, 0.6) is 5.75 Å². The first kappa shape index (κ1) is 17.1. The minimum Gasteiger partial charge on any atom is -0.497 e. The standard InChI is InChI=1S/C20H25NO2/c1-5-19(18-11-6-14(2)12-15(18)3)21-20(22)13-16-7-9-17(23-4)10-8-16/h6-12,19H,5,13H2,1-4H3,(H,21,22)/t19-/m0/s1. The number of aryl methyl sites for hydroxylation is 2. The maximum atomic E-state index is 12.3. The Morgan fingerprint density at radius 1 is 1.13 bits per heavy atom. The Kier molecular flexibility index (Phi) is 5.80. The largest absolute Gasteiger partial charge is 0.497 e. The van der Waals surface area contributed by atoms with Crippen molar-refractivity contribution in [3.8, 4) is 5.75 Å². The third kappa shape index (κ3) is 4.59. The molecule has 0 aliphatic carbocycles. The summed E-state index contributed by atoms with van der Waals surface area (Å²) < 4.78 is 5.14. The fraction of sp³-hybridized carbons (Fsp3) is 0.350. The lowest BCUT2D eigenvalue weighted by molar-refractivity contribution is -0.121. The molecule has 3 nitrogen and oxygen atoms in total. The molecule has 0 saturated carbocycles. The van der Waals surface area contributed by atoms with Gasteiger partial charge in [-0.15, -0.1) is 0 Å². The van der Waals surface area contributed by atoms with Crippen molar-refractivity contribution in [3.63, 3.8) is 0 Å². The normalized spacial score (nSPS) is 11.8. The predicted octanol–water partition coefficient (Wildman–Crippen LogP) is 4.12. The molecule has 0 unspecified atom stereocenters. The minimum absolute atomic E-state index is 0.0435. The zero-order valence-electron chi connectivity index (χ0n) is 14.3. The average Bonchev–Trinajstić information content (AvgIpc) is 2.54. The van der Waals surface area contributed by atoms with E-state index in [-0.39, 0.29) is 11.9 Å². The first-order valence-corrected chi connectivity index (χ1v) is 8.03. The predicted molar refractivity (Wildman–Crippen MR) is 93.8 cm³/mol. The number of ether oxygens (including phenoxy) is 1. The molecule has 3 heteroatoms. The van der Waals surface area contributed by atoms with E-state index in [4.69, 9.17) is 4.74 Å². The summed E-state index contributed by atoms with van der Waals surface area (Å²) in [6, 6.07) is 14.0. The number of nitrogens with one attached hydrogen (secondary N) is 1. The van der Waals surface area contributed by atoms with Gasteiger partial charge in [-0.1, -0.05) is 42.8 Å². The number of hydrogen-bond donors (Lipinski definition) is 1. The van der Waals surface area contributed by atoms with Gasteiger partial charge in [0.25, 0.3) is 0 Å². The van der Waals surface area contributed by atoms with Gasteiger partial charge in [0.2, 0.25) is 5.91 Å². The van der Waals surface area contributed by atoms with Crippen LogP contribution in [0.25, 0.3) is 0 Å². The van der Waals surface area contributed by atoms with Crippen molar-refractivity contribution in [2.75, 3.05) is 7.11 Å². The molecule has 0 bridgehead atoms. The van der Waals surface area contributed by atoms with Gasteiger partial charge in [-0.3, -0.25) is 4.79 Å². The van der Waals surface area contributed by atoms with Gasteiger partial charge in [0.05, 0.1) is 19.6 Å². The van der Waals surface area contributed by atoms with Crippen molar-refractivity contribution in [2.45, 2.75) is 39.7 Å².